The SMILES string of the molecule is CC[C@@H](C)[C@@H](NC(=O)COc1ccc2c(-c3ccc(OC)cc3)cc(=O)oc2c1)C(=O)O. The van der Waals surface area contributed by atoms with Crippen molar-refractivity contribution in [3.05, 3.63) is 59.0 Å². The maximum absolute atomic E-state index is 12.2. The Balaban J connectivity index is 1.79. The van der Waals surface area contributed by atoms with Crippen LogP contribution in [0.15, 0.2) is 57.7 Å². The van der Waals surface area contributed by atoms with Crippen LogP contribution < -0.4 is 20.4 Å². The van der Waals surface area contributed by atoms with E-state index in [-0.39, 0.29) is 12.5 Å². The molecule has 3 aromatic rings. The average Bonchev–Trinajstić information content (AvgIpc) is 2.79. The van der Waals surface area contributed by atoms with Gasteiger partial charge in [0.25, 0.3) is 5.91 Å². The smallest absolute Gasteiger partial charge is 0.336 e. The van der Waals surface area contributed by atoms with Crippen LogP contribution in [0, 0.1) is 5.92 Å². The van der Waals surface area contributed by atoms with Crippen molar-refractivity contribution < 1.29 is 28.6 Å². The maximum atomic E-state index is 12.2. The number of methoxy groups -OCH3 is 1. The van der Waals surface area contributed by atoms with Crippen molar-refractivity contribution in [3.63, 3.8) is 0 Å². The number of benzene rings is 2. The van der Waals surface area contributed by atoms with Gasteiger partial charge in [0.15, 0.2) is 6.61 Å². The summed E-state index contributed by atoms with van der Waals surface area (Å²) in [5, 5.41) is 12.5. The van der Waals surface area contributed by atoms with E-state index >= 15 is 0 Å². The van der Waals surface area contributed by atoms with E-state index in [1.54, 1.807) is 38.3 Å². The van der Waals surface area contributed by atoms with Crippen molar-refractivity contribution in [1.82, 2.24) is 5.32 Å². The van der Waals surface area contributed by atoms with Crippen LogP contribution in [-0.4, -0.2) is 36.7 Å². The number of carbonyl (C=O) groups excluding carboxylic acids is 1. The Bertz CT molecular complexity index is 1170. The minimum Gasteiger partial charge on any atom is -0.497 e. The Morgan fingerprint density at radius 2 is 1.78 bits per heavy atom. The molecule has 8 nitrogen and oxygen atoms in total. The molecule has 2 N–H and O–H groups in total. The fourth-order valence-corrected chi connectivity index (χ4v) is 3.29. The number of ether oxygens (including phenoxy) is 2. The molecule has 0 aliphatic carbocycles. The van der Waals surface area contributed by atoms with Gasteiger partial charge in [-0.25, -0.2) is 9.59 Å². The van der Waals surface area contributed by atoms with Gasteiger partial charge in [-0.15, -0.1) is 0 Å². The van der Waals surface area contributed by atoms with Crippen molar-refractivity contribution >= 4 is 22.8 Å². The van der Waals surface area contributed by atoms with Gasteiger partial charge in [0.05, 0.1) is 7.11 Å². The van der Waals surface area contributed by atoms with Crippen LogP contribution in [0.5, 0.6) is 11.5 Å². The highest BCUT2D eigenvalue weighted by Crippen LogP contribution is 2.30. The normalized spacial score (nSPS) is 12.7. The minimum absolute atomic E-state index is 0.220. The second-order valence-corrected chi connectivity index (χ2v) is 7.42. The van der Waals surface area contributed by atoms with Crippen molar-refractivity contribution in [1.29, 1.82) is 0 Å². The number of hydrogen-bond acceptors (Lipinski definition) is 6. The fraction of sp³-hybridized carbons (Fsp3) is 0.292. The standard InChI is InChI=1S/C24H25NO7/c1-4-14(2)23(24(28)29)25-21(26)13-31-17-9-10-18-19(12-22(27)32-20(18)11-17)15-5-7-16(30-3)8-6-15/h5-12,14,23H,4,13H2,1-3H3,(H,25,26)(H,28,29)/t14-,23-/m1/s1. The van der Waals surface area contributed by atoms with Gasteiger partial charge in [0.2, 0.25) is 0 Å². The summed E-state index contributed by atoms with van der Waals surface area (Å²) in [7, 11) is 1.58. The lowest BCUT2D eigenvalue weighted by molar-refractivity contribution is -0.143. The topological polar surface area (TPSA) is 115 Å². The molecular formula is C24H25NO7. The Morgan fingerprint density at radius 1 is 1.09 bits per heavy atom. The Labute approximate surface area is 184 Å². The summed E-state index contributed by atoms with van der Waals surface area (Å²) >= 11 is 0. The van der Waals surface area contributed by atoms with Gasteiger partial charge >= 0.3 is 11.6 Å². The third kappa shape index (κ3) is 5.26. The highest BCUT2D eigenvalue weighted by atomic mass is 16.5. The molecule has 0 radical (unpaired) electrons. The van der Waals surface area contributed by atoms with Crippen LogP contribution >= 0.6 is 0 Å². The molecule has 0 bridgehead atoms. The first kappa shape index (κ1) is 22.9. The molecule has 0 aliphatic rings. The lowest BCUT2D eigenvalue weighted by atomic mass is 9.99. The van der Waals surface area contributed by atoms with Gasteiger partial charge in [-0.2, -0.15) is 0 Å². The number of carboxylic acid groups (broad SMARTS) is 1. The predicted molar refractivity (Wildman–Crippen MR) is 119 cm³/mol. The lowest BCUT2D eigenvalue weighted by Gasteiger charge is -2.20. The molecule has 1 aromatic heterocycles. The Hall–Kier alpha value is -3.81. The number of carboxylic acids is 1. The Morgan fingerprint density at radius 3 is 2.41 bits per heavy atom. The molecule has 3 rings (SSSR count). The lowest BCUT2D eigenvalue weighted by Crippen LogP contribution is -2.46. The molecule has 168 valence electrons. The van der Waals surface area contributed by atoms with Crippen molar-refractivity contribution in [2.24, 2.45) is 5.92 Å². The summed E-state index contributed by atoms with van der Waals surface area (Å²) in [5.41, 5.74) is 1.31. The van der Waals surface area contributed by atoms with Gasteiger partial charge in [0.1, 0.15) is 23.1 Å². The van der Waals surface area contributed by atoms with Crippen LogP contribution in [0.1, 0.15) is 20.3 Å². The number of aliphatic carboxylic acids is 1. The third-order valence-electron chi connectivity index (χ3n) is 5.28. The fourth-order valence-electron chi connectivity index (χ4n) is 3.29. The van der Waals surface area contributed by atoms with Crippen molar-refractivity contribution in [3.8, 4) is 22.6 Å². The maximum Gasteiger partial charge on any atom is 0.336 e. The minimum atomic E-state index is -1.09. The highest BCUT2D eigenvalue weighted by molar-refractivity contribution is 5.94. The van der Waals surface area contributed by atoms with E-state index in [4.69, 9.17) is 13.9 Å². The van der Waals surface area contributed by atoms with E-state index in [0.717, 1.165) is 5.56 Å². The molecule has 32 heavy (non-hydrogen) atoms. The van der Waals surface area contributed by atoms with Crippen molar-refractivity contribution in [2.75, 3.05) is 13.7 Å². The monoisotopic (exact) mass is 439 g/mol. The van der Waals surface area contributed by atoms with Gasteiger partial charge in [-0.1, -0.05) is 32.4 Å². The number of fused-ring (bicyclic) bond motifs is 1. The molecule has 1 heterocycles. The Kier molecular flexibility index (Phi) is 7.14. The molecule has 2 atom stereocenters. The van der Waals surface area contributed by atoms with Crippen LogP contribution in [0.25, 0.3) is 22.1 Å². The number of hydrogen-bond donors (Lipinski definition) is 2. The second kappa shape index (κ2) is 10.00. The first-order valence-corrected chi connectivity index (χ1v) is 10.2. The van der Waals surface area contributed by atoms with E-state index in [1.165, 1.54) is 12.1 Å². The molecule has 0 unspecified atom stereocenters. The molecule has 0 spiro atoms. The molecule has 0 fully saturated rings. The van der Waals surface area contributed by atoms with Gasteiger partial charge in [-0.3, -0.25) is 4.79 Å². The number of rotatable bonds is 9. The van der Waals surface area contributed by atoms with E-state index in [2.05, 4.69) is 5.32 Å². The molecular weight excluding hydrogens is 414 g/mol. The van der Waals surface area contributed by atoms with Gasteiger partial charge < -0.3 is 24.3 Å². The zero-order valence-electron chi connectivity index (χ0n) is 18.1. The number of amides is 1. The molecule has 1 amide bonds. The summed E-state index contributed by atoms with van der Waals surface area (Å²) in [6, 6.07) is 12.6. The molecule has 0 saturated carbocycles. The summed E-state index contributed by atoms with van der Waals surface area (Å²) in [6.45, 7) is 3.24. The molecule has 0 aliphatic heterocycles. The van der Waals surface area contributed by atoms with Gasteiger partial charge in [-0.05, 0) is 41.3 Å². The van der Waals surface area contributed by atoms with Crippen molar-refractivity contribution in [2.45, 2.75) is 26.3 Å². The molecule has 2 aromatic carbocycles. The summed E-state index contributed by atoms with van der Waals surface area (Å²) in [5.74, 6) is -0.841. The quantitative estimate of drug-likeness (QED) is 0.491. The third-order valence-corrected chi connectivity index (χ3v) is 5.28. The highest BCUT2D eigenvalue weighted by Gasteiger charge is 2.25. The first-order chi connectivity index (χ1) is 15.3. The van der Waals surface area contributed by atoms with E-state index in [9.17, 15) is 19.5 Å². The summed E-state index contributed by atoms with van der Waals surface area (Å²) in [6.07, 6.45) is 0.609. The molecule has 8 heteroatoms. The zero-order valence-corrected chi connectivity index (χ0v) is 18.1. The van der Waals surface area contributed by atoms with E-state index in [1.807, 2.05) is 19.1 Å². The molecule has 0 saturated heterocycles. The van der Waals surface area contributed by atoms with Crippen LogP contribution in [0.2, 0.25) is 0 Å². The average molecular weight is 439 g/mol. The zero-order chi connectivity index (χ0) is 23.3. The van der Waals surface area contributed by atoms with Crippen LogP contribution in [0.3, 0.4) is 0 Å². The first-order valence-electron chi connectivity index (χ1n) is 10.2. The second-order valence-electron chi connectivity index (χ2n) is 7.42. The summed E-state index contributed by atoms with van der Waals surface area (Å²) in [4.78, 5) is 35.6. The van der Waals surface area contributed by atoms with Crippen LogP contribution in [-0.2, 0) is 9.59 Å². The number of nitrogens with one attached hydrogen (secondary N) is 1. The van der Waals surface area contributed by atoms with Gasteiger partial charge in [0, 0.05) is 17.5 Å². The van der Waals surface area contributed by atoms with Crippen LogP contribution in [0.4, 0.5) is 0 Å². The number of carbonyl (C=O) groups is 2. The van der Waals surface area contributed by atoms with E-state index < -0.39 is 23.5 Å². The largest absolute Gasteiger partial charge is 0.497 e. The van der Waals surface area contributed by atoms with E-state index in [0.29, 0.717) is 34.5 Å². The predicted octanol–water partition coefficient (Wildman–Crippen LogP) is 3.46. The summed E-state index contributed by atoms with van der Waals surface area (Å²) < 4.78 is 16.0.